The van der Waals surface area contributed by atoms with Crippen molar-refractivity contribution in [3.8, 4) is 5.75 Å². The summed E-state index contributed by atoms with van der Waals surface area (Å²) in [7, 11) is 1.67. The van der Waals surface area contributed by atoms with Crippen molar-refractivity contribution in [3.05, 3.63) is 48.3 Å². The Kier molecular flexibility index (Phi) is 5.50. The molecule has 20 heavy (non-hydrogen) atoms. The monoisotopic (exact) mass is 274 g/mol. The van der Waals surface area contributed by atoms with Crippen LogP contribution in [0.4, 0.5) is 5.69 Å². The first-order valence-corrected chi connectivity index (χ1v) is 6.92. The first kappa shape index (κ1) is 14.5. The van der Waals surface area contributed by atoms with Gasteiger partial charge in [0.05, 0.1) is 6.61 Å². The fraction of sp³-hybridized carbons (Fsp3) is 0.375. The summed E-state index contributed by atoms with van der Waals surface area (Å²) in [5.74, 6) is 0.859. The number of hydrogen-bond donors (Lipinski definition) is 1. The minimum Gasteiger partial charge on any atom is -0.491 e. The van der Waals surface area contributed by atoms with Crippen LogP contribution in [0.25, 0.3) is 0 Å². The maximum atomic E-state index is 5.59. The molecule has 2 rings (SSSR count). The van der Waals surface area contributed by atoms with Crippen molar-refractivity contribution in [1.29, 1.82) is 0 Å². The van der Waals surface area contributed by atoms with E-state index in [0.717, 1.165) is 24.5 Å². The number of hydrogen-bond acceptors (Lipinski definition) is 3. The predicted octanol–water partition coefficient (Wildman–Crippen LogP) is 3.15. The Morgan fingerprint density at radius 2 is 2.10 bits per heavy atom. The van der Waals surface area contributed by atoms with E-state index in [1.807, 2.05) is 24.3 Å². The number of nitrogens with one attached hydrogen (secondary N) is 1. The van der Waals surface area contributed by atoms with Gasteiger partial charge in [-0.15, -0.1) is 0 Å². The van der Waals surface area contributed by atoms with Crippen molar-refractivity contribution in [2.45, 2.75) is 20.0 Å². The van der Waals surface area contributed by atoms with Crippen molar-refractivity contribution >= 4 is 5.69 Å². The highest BCUT2D eigenvalue weighted by atomic mass is 16.5. The maximum Gasteiger partial charge on any atom is 0.121 e. The summed E-state index contributed by atoms with van der Waals surface area (Å²) < 4.78 is 12.7. The maximum absolute atomic E-state index is 5.59. The fourth-order valence-corrected chi connectivity index (χ4v) is 1.93. The quantitative estimate of drug-likeness (QED) is 0.751. The molecule has 2 aromatic rings. The lowest BCUT2D eigenvalue weighted by Gasteiger charge is -2.09. The summed E-state index contributed by atoms with van der Waals surface area (Å²) in [4.78, 5) is 0. The van der Waals surface area contributed by atoms with Crippen molar-refractivity contribution in [2.24, 2.45) is 0 Å². The molecule has 0 aliphatic rings. The van der Waals surface area contributed by atoms with Crippen LogP contribution in [-0.4, -0.2) is 24.9 Å². The van der Waals surface area contributed by atoms with Crippen molar-refractivity contribution < 1.29 is 9.47 Å². The third-order valence-corrected chi connectivity index (χ3v) is 3.06. The standard InChI is InChI=1S/C16H22N2O2/c1-3-18-8-7-14(13-18)12-17-15-5-4-6-16(11-15)20-10-9-19-2/h4-8,11,13,17H,3,9-10,12H2,1-2H3. The van der Waals surface area contributed by atoms with E-state index >= 15 is 0 Å². The third kappa shape index (κ3) is 4.31. The first-order chi connectivity index (χ1) is 9.81. The van der Waals surface area contributed by atoms with Crippen LogP contribution < -0.4 is 10.1 Å². The summed E-state index contributed by atoms with van der Waals surface area (Å²) in [5.41, 5.74) is 2.33. The molecule has 0 spiro atoms. The van der Waals surface area contributed by atoms with Gasteiger partial charge in [0.1, 0.15) is 12.4 Å². The van der Waals surface area contributed by atoms with E-state index in [-0.39, 0.29) is 0 Å². The molecule has 0 radical (unpaired) electrons. The molecule has 0 saturated heterocycles. The number of benzene rings is 1. The molecule has 108 valence electrons. The van der Waals surface area contributed by atoms with Gasteiger partial charge in [0.15, 0.2) is 0 Å². The van der Waals surface area contributed by atoms with Crippen LogP contribution >= 0.6 is 0 Å². The number of methoxy groups -OCH3 is 1. The fourth-order valence-electron chi connectivity index (χ4n) is 1.93. The Morgan fingerprint density at radius 3 is 2.85 bits per heavy atom. The van der Waals surface area contributed by atoms with Gasteiger partial charge in [-0.1, -0.05) is 6.07 Å². The lowest BCUT2D eigenvalue weighted by molar-refractivity contribution is 0.146. The van der Waals surface area contributed by atoms with E-state index in [2.05, 4.69) is 35.3 Å². The summed E-state index contributed by atoms with van der Waals surface area (Å²) in [6, 6.07) is 10.1. The van der Waals surface area contributed by atoms with Gasteiger partial charge in [-0.2, -0.15) is 0 Å². The number of anilines is 1. The Hall–Kier alpha value is -1.94. The van der Waals surface area contributed by atoms with Crippen LogP contribution in [0, 0.1) is 0 Å². The second kappa shape index (κ2) is 7.60. The molecule has 1 aromatic carbocycles. The summed E-state index contributed by atoms with van der Waals surface area (Å²) in [6.07, 6.45) is 4.26. The van der Waals surface area contributed by atoms with Crippen molar-refractivity contribution in [1.82, 2.24) is 4.57 Å². The zero-order chi connectivity index (χ0) is 14.2. The molecule has 1 N–H and O–H groups in total. The number of nitrogens with zero attached hydrogens (tertiary/aromatic N) is 1. The van der Waals surface area contributed by atoms with Gasteiger partial charge in [-0.05, 0) is 30.7 Å². The van der Waals surface area contributed by atoms with E-state index in [1.165, 1.54) is 5.56 Å². The summed E-state index contributed by atoms with van der Waals surface area (Å²) >= 11 is 0. The number of aromatic nitrogens is 1. The Bertz CT molecular complexity index is 523. The van der Waals surface area contributed by atoms with Crippen LogP contribution in [0.3, 0.4) is 0 Å². The van der Waals surface area contributed by atoms with E-state index in [4.69, 9.17) is 9.47 Å². The van der Waals surface area contributed by atoms with Gasteiger partial charge in [0.2, 0.25) is 0 Å². The second-order valence-corrected chi connectivity index (χ2v) is 4.57. The molecule has 4 heteroatoms. The third-order valence-electron chi connectivity index (χ3n) is 3.06. The molecule has 1 aromatic heterocycles. The van der Waals surface area contributed by atoms with Crippen molar-refractivity contribution in [2.75, 3.05) is 25.6 Å². The molecular weight excluding hydrogens is 252 g/mol. The zero-order valence-corrected chi connectivity index (χ0v) is 12.1. The van der Waals surface area contributed by atoms with E-state index in [0.29, 0.717) is 13.2 Å². The first-order valence-electron chi connectivity index (χ1n) is 6.92. The zero-order valence-electron chi connectivity index (χ0n) is 12.1. The van der Waals surface area contributed by atoms with Gasteiger partial charge in [0, 0.05) is 44.3 Å². The average molecular weight is 274 g/mol. The molecule has 1 heterocycles. The van der Waals surface area contributed by atoms with E-state index in [9.17, 15) is 0 Å². The molecule has 0 fully saturated rings. The molecule has 4 nitrogen and oxygen atoms in total. The van der Waals surface area contributed by atoms with Gasteiger partial charge in [-0.25, -0.2) is 0 Å². The molecule has 0 unspecified atom stereocenters. The minimum atomic E-state index is 0.569. The van der Waals surface area contributed by atoms with Crippen molar-refractivity contribution in [3.63, 3.8) is 0 Å². The predicted molar refractivity (Wildman–Crippen MR) is 81.2 cm³/mol. The molecule has 0 bridgehead atoms. The van der Waals surface area contributed by atoms with Gasteiger partial charge < -0.3 is 19.4 Å². The van der Waals surface area contributed by atoms with Crippen LogP contribution in [0.15, 0.2) is 42.7 Å². The average Bonchev–Trinajstić information content (AvgIpc) is 2.94. The normalized spacial score (nSPS) is 10.5. The molecule has 0 atom stereocenters. The Labute approximate surface area is 120 Å². The Morgan fingerprint density at radius 1 is 1.20 bits per heavy atom. The topological polar surface area (TPSA) is 35.4 Å². The molecule has 0 aliphatic carbocycles. The van der Waals surface area contributed by atoms with Gasteiger partial charge in [0.25, 0.3) is 0 Å². The highest BCUT2D eigenvalue weighted by Crippen LogP contribution is 2.18. The SMILES string of the molecule is CCn1ccc(CNc2cccc(OCCOC)c2)c1. The van der Waals surface area contributed by atoms with Gasteiger partial charge in [-0.3, -0.25) is 0 Å². The number of ether oxygens (including phenoxy) is 2. The molecule has 0 aliphatic heterocycles. The highest BCUT2D eigenvalue weighted by Gasteiger charge is 1.99. The number of rotatable bonds is 8. The smallest absolute Gasteiger partial charge is 0.121 e. The van der Waals surface area contributed by atoms with E-state index in [1.54, 1.807) is 7.11 Å². The van der Waals surface area contributed by atoms with Crippen LogP contribution in [0.2, 0.25) is 0 Å². The summed E-state index contributed by atoms with van der Waals surface area (Å²) in [6.45, 7) is 5.12. The highest BCUT2D eigenvalue weighted by molar-refractivity contribution is 5.48. The second-order valence-electron chi connectivity index (χ2n) is 4.57. The van der Waals surface area contributed by atoms with Gasteiger partial charge >= 0.3 is 0 Å². The molecule has 0 saturated carbocycles. The Balaban J connectivity index is 1.87. The summed E-state index contributed by atoms with van der Waals surface area (Å²) in [5, 5.41) is 3.40. The molecule has 0 amide bonds. The van der Waals surface area contributed by atoms with E-state index < -0.39 is 0 Å². The minimum absolute atomic E-state index is 0.569. The lowest BCUT2D eigenvalue weighted by Crippen LogP contribution is -2.04. The lowest BCUT2D eigenvalue weighted by atomic mass is 10.2. The largest absolute Gasteiger partial charge is 0.491 e. The number of aryl methyl sites for hydroxylation is 1. The van der Waals surface area contributed by atoms with Crippen LogP contribution in [0.5, 0.6) is 5.75 Å². The molecular formula is C16H22N2O2. The van der Waals surface area contributed by atoms with Crippen LogP contribution in [0.1, 0.15) is 12.5 Å². The van der Waals surface area contributed by atoms with Crippen LogP contribution in [-0.2, 0) is 17.8 Å².